The van der Waals surface area contributed by atoms with E-state index in [1.54, 1.807) is 18.2 Å². The number of carbonyl (C=O) groups is 2. The molecule has 0 amide bonds. The van der Waals surface area contributed by atoms with Gasteiger partial charge in [-0.2, -0.15) is 0 Å². The maximum Gasteiger partial charge on any atom is 0.338 e. The molecule has 136 valence electrons. The van der Waals surface area contributed by atoms with Crippen molar-refractivity contribution >= 4 is 17.5 Å². The molecule has 1 aliphatic carbocycles. The number of ether oxygens (including phenoxy) is 2. The van der Waals surface area contributed by atoms with Gasteiger partial charge in [0.2, 0.25) is 0 Å². The van der Waals surface area contributed by atoms with E-state index in [9.17, 15) is 14.9 Å². The van der Waals surface area contributed by atoms with E-state index in [0.29, 0.717) is 22.3 Å². The van der Waals surface area contributed by atoms with Crippen LogP contribution >= 0.6 is 0 Å². The van der Waals surface area contributed by atoms with Gasteiger partial charge < -0.3 is 9.47 Å². The maximum atomic E-state index is 12.6. The number of nitriles is 1. The van der Waals surface area contributed by atoms with Crippen LogP contribution in [0.2, 0.25) is 0 Å². The number of carbonyl (C=O) groups excluding carboxylic acids is 2. The molecule has 0 saturated carbocycles. The molecule has 0 radical (unpaired) electrons. The summed E-state index contributed by atoms with van der Waals surface area (Å²) in [6.07, 6.45) is 1.03. The normalized spacial score (nSPS) is 12.6. The van der Waals surface area contributed by atoms with Crippen LogP contribution in [0.4, 0.5) is 0 Å². The average Bonchev–Trinajstić information content (AvgIpc) is 3.06. The van der Waals surface area contributed by atoms with E-state index < -0.39 is 11.9 Å². The minimum Gasteiger partial charge on any atom is -0.459 e. The Morgan fingerprint density at radius 3 is 2.43 bits per heavy atom. The van der Waals surface area contributed by atoms with Gasteiger partial charge in [0.05, 0.1) is 18.2 Å². The Morgan fingerprint density at radius 2 is 1.75 bits per heavy atom. The molecule has 2 aromatic carbocycles. The average molecular weight is 370 g/mol. The predicted octanol–water partition coefficient (Wildman–Crippen LogP) is 3.76. The van der Waals surface area contributed by atoms with Crippen LogP contribution in [0.5, 0.6) is 0 Å². The number of benzene rings is 2. The number of allylic oxidation sites excluding steroid dienone is 1. The second-order valence-corrected chi connectivity index (χ2v) is 5.73. The largest absolute Gasteiger partial charge is 0.459 e. The van der Waals surface area contributed by atoms with E-state index in [1.165, 1.54) is 0 Å². The Hall–Kier alpha value is -4.16. The summed E-state index contributed by atoms with van der Waals surface area (Å²) in [5.74, 6) is -1.17. The van der Waals surface area contributed by atoms with Crippen LogP contribution in [-0.2, 0) is 14.3 Å². The van der Waals surface area contributed by atoms with Crippen molar-refractivity contribution in [2.75, 3.05) is 13.2 Å². The highest BCUT2D eigenvalue weighted by Gasteiger charge is 2.30. The van der Waals surface area contributed by atoms with E-state index >= 15 is 0 Å². The molecule has 0 N–H and O–H groups in total. The van der Waals surface area contributed by atoms with Gasteiger partial charge in [0, 0.05) is 17.2 Å². The van der Waals surface area contributed by atoms with Crippen LogP contribution in [0.1, 0.15) is 21.5 Å². The van der Waals surface area contributed by atoms with Gasteiger partial charge in [-0.05, 0) is 22.8 Å². The number of fused-ring (bicyclic) bond motifs is 3. The molecule has 1 aliphatic rings. The van der Waals surface area contributed by atoms with Crippen molar-refractivity contribution in [1.29, 1.82) is 5.26 Å². The van der Waals surface area contributed by atoms with Crippen molar-refractivity contribution in [2.24, 2.45) is 0 Å². The van der Waals surface area contributed by atoms with Crippen LogP contribution in [0.3, 0.4) is 0 Å². The van der Waals surface area contributed by atoms with E-state index in [2.05, 4.69) is 11.4 Å². The zero-order valence-electron chi connectivity index (χ0n) is 14.8. The third-order valence-electron chi connectivity index (χ3n) is 4.20. The van der Waals surface area contributed by atoms with Crippen molar-refractivity contribution in [1.82, 2.24) is 0 Å². The lowest BCUT2D eigenvalue weighted by molar-refractivity contribution is -0.138. The minimum absolute atomic E-state index is 0.0342. The highest BCUT2D eigenvalue weighted by atomic mass is 16.6. The Kier molecular flexibility index (Phi) is 5.34. The van der Waals surface area contributed by atoms with Crippen molar-refractivity contribution in [3.05, 3.63) is 88.9 Å². The van der Waals surface area contributed by atoms with Gasteiger partial charge in [-0.3, -0.25) is 0 Å². The number of esters is 2. The van der Waals surface area contributed by atoms with Crippen LogP contribution < -0.4 is 0 Å². The molecule has 0 aliphatic heterocycles. The third kappa shape index (κ3) is 3.27. The fourth-order valence-corrected chi connectivity index (χ4v) is 3.09. The predicted molar refractivity (Wildman–Crippen MR) is 102 cm³/mol. The van der Waals surface area contributed by atoms with Crippen LogP contribution in [0.15, 0.2) is 60.8 Å². The lowest BCUT2D eigenvalue weighted by atomic mass is 9.99. The van der Waals surface area contributed by atoms with Gasteiger partial charge in [0.15, 0.2) is 0 Å². The lowest BCUT2D eigenvalue weighted by Crippen LogP contribution is -2.13. The van der Waals surface area contributed by atoms with E-state index in [4.69, 9.17) is 16.0 Å². The summed E-state index contributed by atoms with van der Waals surface area (Å²) in [5.41, 5.74) is 3.54. The van der Waals surface area contributed by atoms with Crippen LogP contribution in [0.25, 0.3) is 21.5 Å². The van der Waals surface area contributed by atoms with Crippen molar-refractivity contribution < 1.29 is 19.1 Å². The third-order valence-corrected chi connectivity index (χ3v) is 4.20. The molecule has 6 heteroatoms. The van der Waals surface area contributed by atoms with Gasteiger partial charge >= 0.3 is 11.9 Å². The number of hydrogen-bond acceptors (Lipinski definition) is 5. The van der Waals surface area contributed by atoms with E-state index in [1.807, 2.05) is 30.3 Å². The molecule has 0 aromatic heterocycles. The summed E-state index contributed by atoms with van der Waals surface area (Å²) in [6.45, 7) is 10.4. The Labute approximate surface area is 161 Å². The molecule has 6 nitrogen and oxygen atoms in total. The van der Waals surface area contributed by atoms with Crippen LogP contribution in [0, 0.1) is 17.9 Å². The van der Waals surface area contributed by atoms with Crippen molar-refractivity contribution in [3.63, 3.8) is 0 Å². The summed E-state index contributed by atoms with van der Waals surface area (Å²) < 4.78 is 10.0. The highest BCUT2D eigenvalue weighted by molar-refractivity contribution is 6.10. The Morgan fingerprint density at radius 1 is 1.07 bits per heavy atom. The Balaban J connectivity index is 1.99. The summed E-state index contributed by atoms with van der Waals surface area (Å²) in [5, 5.41) is 9.36. The van der Waals surface area contributed by atoms with E-state index in [-0.39, 0.29) is 18.9 Å². The zero-order valence-corrected chi connectivity index (χ0v) is 14.8. The Bertz CT molecular complexity index is 1080. The fraction of sp³-hybridized carbons (Fsp3) is 0.0909. The molecular weight excluding hydrogens is 356 g/mol. The summed E-state index contributed by atoms with van der Waals surface area (Å²) in [6, 6.07) is 14.3. The van der Waals surface area contributed by atoms with Crippen molar-refractivity contribution in [2.45, 2.75) is 0 Å². The second-order valence-electron chi connectivity index (χ2n) is 5.73. The first kappa shape index (κ1) is 18.6. The number of rotatable bonds is 5. The number of nitrogens with zero attached hydrogens (tertiary/aromatic N) is 2. The minimum atomic E-state index is -0.594. The molecule has 0 fully saturated rings. The molecule has 3 rings (SSSR count). The quantitative estimate of drug-likeness (QED) is 0.225. The standard InChI is InChI=1S/C22H14N2O4/c1-3-19(25)27-11-12-28-22(26)17-10-6-9-16-20(17)14-7-4-5-8-15(14)21(16)18(13-23)24-2/h3-10H,1,11-12H2/b21-18+. The summed E-state index contributed by atoms with van der Waals surface area (Å²) in [7, 11) is 0. The summed E-state index contributed by atoms with van der Waals surface area (Å²) >= 11 is 0. The maximum absolute atomic E-state index is 12.6. The molecular formula is C22H14N2O4. The molecule has 0 spiro atoms. The first-order valence-electron chi connectivity index (χ1n) is 8.33. The van der Waals surface area contributed by atoms with Gasteiger partial charge in [0.25, 0.3) is 5.70 Å². The molecule has 2 aromatic rings. The highest BCUT2D eigenvalue weighted by Crippen LogP contribution is 2.47. The van der Waals surface area contributed by atoms with E-state index in [0.717, 1.165) is 17.2 Å². The van der Waals surface area contributed by atoms with Gasteiger partial charge in [-0.1, -0.05) is 43.0 Å². The summed E-state index contributed by atoms with van der Waals surface area (Å²) in [4.78, 5) is 27.0. The molecule has 0 heterocycles. The fourth-order valence-electron chi connectivity index (χ4n) is 3.09. The van der Waals surface area contributed by atoms with Gasteiger partial charge in [-0.15, -0.1) is 0 Å². The lowest BCUT2D eigenvalue weighted by Gasteiger charge is -2.10. The SMILES string of the molecule is [C-]#[N+]/C(C#N)=C1\c2ccccc2-c2c(C(=O)OCCOC(=O)C=C)cccc21. The van der Waals surface area contributed by atoms with Gasteiger partial charge in [-0.25, -0.2) is 19.7 Å². The van der Waals surface area contributed by atoms with Gasteiger partial charge in [0.1, 0.15) is 13.2 Å². The molecule has 28 heavy (non-hydrogen) atoms. The number of hydrogen-bond donors (Lipinski definition) is 0. The smallest absolute Gasteiger partial charge is 0.338 e. The zero-order chi connectivity index (χ0) is 20.1. The second kappa shape index (κ2) is 8.03. The first-order chi connectivity index (χ1) is 13.6. The molecule has 0 unspecified atom stereocenters. The van der Waals surface area contributed by atoms with Crippen molar-refractivity contribution in [3.8, 4) is 17.2 Å². The molecule has 0 atom stereocenters. The molecule has 0 bridgehead atoms. The molecule has 0 saturated heterocycles. The van der Waals surface area contributed by atoms with Crippen LogP contribution in [-0.4, -0.2) is 25.2 Å². The topological polar surface area (TPSA) is 80.8 Å². The monoisotopic (exact) mass is 370 g/mol. The first-order valence-corrected chi connectivity index (χ1v) is 8.33.